The van der Waals surface area contributed by atoms with E-state index in [2.05, 4.69) is 5.73 Å². The lowest BCUT2D eigenvalue weighted by Crippen LogP contribution is -2.45. The van der Waals surface area contributed by atoms with Gasteiger partial charge in [-0.05, 0) is 0 Å². The molecule has 2 nitrogen and oxygen atoms in total. The molecule has 2 N–H and O–H groups in total. The van der Waals surface area contributed by atoms with Crippen LogP contribution in [0.2, 0.25) is 0 Å². The lowest BCUT2D eigenvalue weighted by Gasteiger charge is -2.19. The normalized spacial score (nSPS) is 13.6. The second-order valence-corrected chi connectivity index (χ2v) is 1.92. The Bertz CT molecular complexity index is 167. The Kier molecular flexibility index (Phi) is 2.61. The summed E-state index contributed by atoms with van der Waals surface area (Å²) in [7, 11) is 0. The first-order valence-corrected chi connectivity index (χ1v) is 2.49. The van der Waals surface area contributed by atoms with Crippen molar-refractivity contribution in [1.29, 1.82) is 0 Å². The predicted molar refractivity (Wildman–Crippen MR) is 24.8 cm³/mol. The Labute approximate surface area is 62.3 Å². The van der Waals surface area contributed by atoms with Crippen molar-refractivity contribution >= 4 is 5.91 Å². The zero-order valence-electron chi connectivity index (χ0n) is 5.33. The number of rotatable bonds is 1. The number of primary amides is 1. The molecule has 0 aromatic rings. The van der Waals surface area contributed by atoms with Crippen LogP contribution in [0.4, 0.5) is 26.3 Å². The molecule has 1 amide bonds. The van der Waals surface area contributed by atoms with E-state index in [1.165, 1.54) is 0 Å². The minimum atomic E-state index is -5.68. The van der Waals surface area contributed by atoms with E-state index in [1.54, 1.807) is 0 Å². The zero-order valence-corrected chi connectivity index (χ0v) is 5.33. The van der Waals surface area contributed by atoms with Crippen LogP contribution < -0.4 is 5.73 Å². The molecule has 72 valence electrons. The van der Waals surface area contributed by atoms with Crippen molar-refractivity contribution in [3.63, 3.8) is 0 Å². The average Bonchev–Trinajstić information content (AvgIpc) is 1.49. The van der Waals surface area contributed by atoms with Gasteiger partial charge in [0.15, 0.2) is 0 Å². The SMILES string of the molecule is NC(=O)C(C(F)(F)F)C(F)(F)F. The molecule has 0 saturated carbocycles. The van der Waals surface area contributed by atoms with Crippen LogP contribution in [0.3, 0.4) is 0 Å². The molecular weight excluding hydrogens is 192 g/mol. The first-order valence-electron chi connectivity index (χ1n) is 2.49. The van der Waals surface area contributed by atoms with E-state index >= 15 is 0 Å². The van der Waals surface area contributed by atoms with Gasteiger partial charge in [-0.15, -0.1) is 0 Å². The smallest absolute Gasteiger partial charge is 0.369 e. The summed E-state index contributed by atoms with van der Waals surface area (Å²) in [5, 5.41) is 0. The molecule has 0 aliphatic heterocycles. The van der Waals surface area contributed by atoms with Crippen LogP contribution in [0.5, 0.6) is 0 Å². The van der Waals surface area contributed by atoms with E-state index in [4.69, 9.17) is 0 Å². The van der Waals surface area contributed by atoms with Gasteiger partial charge in [-0.3, -0.25) is 4.79 Å². The molecule has 0 unspecified atom stereocenters. The Hall–Kier alpha value is -0.950. The Morgan fingerprint density at radius 2 is 1.25 bits per heavy atom. The lowest BCUT2D eigenvalue weighted by atomic mass is 10.1. The summed E-state index contributed by atoms with van der Waals surface area (Å²) in [5.74, 6) is -6.53. The highest BCUT2D eigenvalue weighted by Crippen LogP contribution is 2.38. The van der Waals surface area contributed by atoms with Crippen LogP contribution in [-0.4, -0.2) is 18.3 Å². The van der Waals surface area contributed by atoms with Gasteiger partial charge in [0.25, 0.3) is 0 Å². The van der Waals surface area contributed by atoms with Crippen LogP contribution in [0, 0.1) is 5.92 Å². The zero-order chi connectivity index (χ0) is 10.2. The summed E-state index contributed by atoms with van der Waals surface area (Å²) in [6.45, 7) is 0. The standard InChI is InChI=1S/C4H3F6NO/c5-3(6,7)1(2(11)12)4(8,9)10/h1H,(H2,11,12). The third-order valence-electron chi connectivity index (χ3n) is 0.939. The number of carbonyl (C=O) groups is 1. The maximum atomic E-state index is 11.4. The highest BCUT2D eigenvalue weighted by Gasteiger charge is 2.60. The minimum Gasteiger partial charge on any atom is -0.369 e. The van der Waals surface area contributed by atoms with Crippen molar-refractivity contribution in [2.24, 2.45) is 11.7 Å². The molecule has 0 radical (unpaired) electrons. The van der Waals surface area contributed by atoms with Gasteiger partial charge >= 0.3 is 12.4 Å². The van der Waals surface area contributed by atoms with Crippen molar-refractivity contribution < 1.29 is 31.1 Å². The third-order valence-corrected chi connectivity index (χ3v) is 0.939. The molecule has 12 heavy (non-hydrogen) atoms. The summed E-state index contributed by atoms with van der Waals surface area (Å²) in [6, 6.07) is 0. The molecule has 0 aliphatic rings. The van der Waals surface area contributed by atoms with E-state index in [0.717, 1.165) is 0 Å². The Morgan fingerprint density at radius 3 is 1.25 bits per heavy atom. The number of carbonyl (C=O) groups excluding carboxylic acids is 1. The molecule has 0 rings (SSSR count). The van der Waals surface area contributed by atoms with Gasteiger partial charge in [0.05, 0.1) is 0 Å². The summed E-state index contributed by atoms with van der Waals surface area (Å²) in [6.07, 6.45) is -11.4. The number of hydrogen-bond acceptors (Lipinski definition) is 1. The summed E-state index contributed by atoms with van der Waals surface area (Å²) in [5.41, 5.74) is 3.93. The van der Waals surface area contributed by atoms with Crippen LogP contribution >= 0.6 is 0 Å². The van der Waals surface area contributed by atoms with Crippen LogP contribution in [0.25, 0.3) is 0 Å². The summed E-state index contributed by atoms with van der Waals surface area (Å²) in [4.78, 5) is 9.78. The second kappa shape index (κ2) is 2.83. The first kappa shape index (κ1) is 11.0. The fraction of sp³-hybridized carbons (Fsp3) is 0.750. The minimum absolute atomic E-state index is 2.45. The second-order valence-electron chi connectivity index (χ2n) is 1.92. The van der Waals surface area contributed by atoms with E-state index in [0.29, 0.717) is 0 Å². The Morgan fingerprint density at radius 1 is 1.00 bits per heavy atom. The van der Waals surface area contributed by atoms with Crippen LogP contribution in [-0.2, 0) is 4.79 Å². The molecule has 0 aromatic carbocycles. The van der Waals surface area contributed by atoms with Crippen molar-refractivity contribution in [2.45, 2.75) is 12.4 Å². The predicted octanol–water partition coefficient (Wildman–Crippen LogP) is 1.21. The Balaban J connectivity index is 4.82. The van der Waals surface area contributed by atoms with Gasteiger partial charge in [0, 0.05) is 0 Å². The number of amides is 1. The molecule has 0 saturated heterocycles. The van der Waals surface area contributed by atoms with Gasteiger partial charge in [-0.1, -0.05) is 0 Å². The van der Waals surface area contributed by atoms with Gasteiger partial charge in [0.1, 0.15) is 0 Å². The largest absolute Gasteiger partial charge is 0.409 e. The molecule has 0 aliphatic carbocycles. The van der Waals surface area contributed by atoms with E-state index in [9.17, 15) is 31.1 Å². The summed E-state index contributed by atoms with van der Waals surface area (Å²) >= 11 is 0. The van der Waals surface area contributed by atoms with E-state index in [-0.39, 0.29) is 0 Å². The fourth-order valence-corrected chi connectivity index (χ4v) is 0.508. The molecule has 0 atom stereocenters. The number of halogens is 6. The van der Waals surface area contributed by atoms with Crippen molar-refractivity contribution in [1.82, 2.24) is 0 Å². The summed E-state index contributed by atoms with van der Waals surface area (Å²) < 4.78 is 68.7. The number of hydrogen-bond donors (Lipinski definition) is 1. The van der Waals surface area contributed by atoms with Crippen LogP contribution in [0.1, 0.15) is 0 Å². The molecule has 0 spiro atoms. The topological polar surface area (TPSA) is 43.1 Å². The van der Waals surface area contributed by atoms with Crippen molar-refractivity contribution in [2.75, 3.05) is 0 Å². The van der Waals surface area contributed by atoms with Crippen LogP contribution in [0.15, 0.2) is 0 Å². The maximum Gasteiger partial charge on any atom is 0.409 e. The van der Waals surface area contributed by atoms with Crippen molar-refractivity contribution in [3.8, 4) is 0 Å². The number of nitrogens with two attached hydrogens (primary N) is 1. The number of alkyl halides is 6. The van der Waals surface area contributed by atoms with Gasteiger partial charge in [0.2, 0.25) is 11.8 Å². The van der Waals surface area contributed by atoms with Gasteiger partial charge < -0.3 is 5.73 Å². The van der Waals surface area contributed by atoms with Gasteiger partial charge in [-0.25, -0.2) is 0 Å². The monoisotopic (exact) mass is 195 g/mol. The average molecular weight is 195 g/mol. The molecule has 0 heterocycles. The quantitative estimate of drug-likeness (QED) is 0.628. The molecule has 0 bridgehead atoms. The molecule has 8 heteroatoms. The van der Waals surface area contributed by atoms with E-state index in [1.807, 2.05) is 0 Å². The van der Waals surface area contributed by atoms with Gasteiger partial charge in [-0.2, -0.15) is 26.3 Å². The first-order chi connectivity index (χ1) is 5.07. The molecule has 0 fully saturated rings. The molecule has 0 aromatic heterocycles. The van der Waals surface area contributed by atoms with Crippen molar-refractivity contribution in [3.05, 3.63) is 0 Å². The maximum absolute atomic E-state index is 11.4. The highest BCUT2D eigenvalue weighted by atomic mass is 19.4. The lowest BCUT2D eigenvalue weighted by molar-refractivity contribution is -0.273. The fourth-order valence-electron chi connectivity index (χ4n) is 0.508. The third kappa shape index (κ3) is 2.59. The van der Waals surface area contributed by atoms with E-state index < -0.39 is 24.2 Å². The molecular formula is C4H3F6NO. The highest BCUT2D eigenvalue weighted by molar-refractivity contribution is 5.78.